The van der Waals surface area contributed by atoms with Gasteiger partial charge >= 0.3 is 0 Å². The largest absolute Gasteiger partial charge is 0.409 e. The first-order chi connectivity index (χ1) is 8.70. The maximum Gasteiger partial charge on any atom is 0.161 e. The van der Waals surface area contributed by atoms with Crippen molar-refractivity contribution in [1.29, 1.82) is 0 Å². The van der Waals surface area contributed by atoms with E-state index in [4.69, 9.17) is 10.9 Å². The summed E-state index contributed by atoms with van der Waals surface area (Å²) in [4.78, 5) is 2.39. The van der Waals surface area contributed by atoms with Crippen LogP contribution in [0.5, 0.6) is 0 Å². The van der Waals surface area contributed by atoms with Crippen LogP contribution in [0, 0.1) is 0 Å². The van der Waals surface area contributed by atoms with Crippen LogP contribution >= 0.6 is 0 Å². The summed E-state index contributed by atoms with van der Waals surface area (Å²) < 4.78 is 0. The number of nitrogens with one attached hydrogen (secondary N) is 1. The summed E-state index contributed by atoms with van der Waals surface area (Å²) in [6.07, 6.45) is 2.56. The summed E-state index contributed by atoms with van der Waals surface area (Å²) in [6.45, 7) is 4.14. The van der Waals surface area contributed by atoms with Crippen LogP contribution in [-0.4, -0.2) is 30.2 Å². The van der Waals surface area contributed by atoms with E-state index in [9.17, 15) is 0 Å². The zero-order valence-corrected chi connectivity index (χ0v) is 10.6. The Morgan fingerprint density at radius 1 is 1.33 bits per heavy atom. The average molecular weight is 248 g/mol. The number of benzene rings is 1. The van der Waals surface area contributed by atoms with E-state index >= 15 is 0 Å². The summed E-state index contributed by atoms with van der Waals surface area (Å²) >= 11 is 0. The van der Waals surface area contributed by atoms with E-state index in [0.717, 1.165) is 18.8 Å². The van der Waals surface area contributed by atoms with E-state index < -0.39 is 0 Å². The minimum Gasteiger partial charge on any atom is -0.409 e. The molecule has 1 heterocycles. The molecule has 0 saturated carbocycles. The maximum absolute atomic E-state index is 8.59. The number of rotatable bonds is 4. The van der Waals surface area contributed by atoms with E-state index in [1.165, 1.54) is 18.5 Å². The molecule has 0 radical (unpaired) electrons. The van der Waals surface area contributed by atoms with E-state index in [-0.39, 0.29) is 11.9 Å². The van der Waals surface area contributed by atoms with Gasteiger partial charge in [-0.25, -0.2) is 0 Å². The van der Waals surface area contributed by atoms with Crippen LogP contribution in [-0.2, 0) is 0 Å². The molecular weight excluding hydrogens is 228 g/mol. The smallest absolute Gasteiger partial charge is 0.161 e. The minimum atomic E-state index is -0.187. The Kier molecular flexibility index (Phi) is 3.92. The van der Waals surface area contributed by atoms with Crippen molar-refractivity contribution in [2.75, 3.05) is 23.3 Å². The Labute approximate surface area is 107 Å². The lowest BCUT2D eigenvalue weighted by molar-refractivity contribution is 0.316. The first kappa shape index (κ1) is 12.5. The van der Waals surface area contributed by atoms with Crippen LogP contribution in [0.4, 0.5) is 11.4 Å². The molecule has 2 rings (SSSR count). The van der Waals surface area contributed by atoms with Crippen LogP contribution in [0.25, 0.3) is 0 Å². The molecule has 5 heteroatoms. The minimum absolute atomic E-state index is 0.179. The van der Waals surface area contributed by atoms with Crippen molar-refractivity contribution in [2.45, 2.75) is 25.8 Å². The number of nitrogens with zero attached hydrogens (tertiary/aromatic N) is 2. The summed E-state index contributed by atoms with van der Waals surface area (Å²) in [6, 6.07) is 8.07. The molecule has 1 unspecified atom stereocenters. The number of amidine groups is 1. The lowest BCUT2D eigenvalue weighted by atomic mass is 10.2. The molecule has 98 valence electrons. The van der Waals surface area contributed by atoms with Gasteiger partial charge in [0.2, 0.25) is 0 Å². The second-order valence-electron chi connectivity index (χ2n) is 4.63. The maximum atomic E-state index is 8.59. The van der Waals surface area contributed by atoms with Gasteiger partial charge in [-0.2, -0.15) is 0 Å². The molecule has 0 aliphatic carbocycles. The zero-order chi connectivity index (χ0) is 13.0. The molecule has 1 saturated heterocycles. The van der Waals surface area contributed by atoms with Crippen molar-refractivity contribution in [3.05, 3.63) is 24.3 Å². The highest BCUT2D eigenvalue weighted by Gasteiger charge is 2.12. The molecule has 1 aromatic carbocycles. The standard InChI is InChI=1S/C13H20N4O/c1-10(13(14)16-18)15-11-4-6-12(7-5-11)17-8-2-3-9-17/h4-7,10,15,18H,2-3,8-9H2,1H3,(H2,14,16). The fraction of sp³-hybridized carbons (Fsp3) is 0.462. The molecule has 18 heavy (non-hydrogen) atoms. The Morgan fingerprint density at radius 3 is 2.50 bits per heavy atom. The van der Waals surface area contributed by atoms with Crippen LogP contribution in [0.1, 0.15) is 19.8 Å². The predicted octanol–water partition coefficient (Wildman–Crippen LogP) is 1.83. The Balaban J connectivity index is 1.99. The normalized spacial score (nSPS) is 17.8. The van der Waals surface area contributed by atoms with Gasteiger partial charge in [-0.15, -0.1) is 0 Å². The molecule has 1 aliphatic heterocycles. The van der Waals surface area contributed by atoms with Crippen molar-refractivity contribution in [2.24, 2.45) is 10.9 Å². The summed E-state index contributed by atoms with van der Waals surface area (Å²) in [5.74, 6) is 0.179. The molecule has 1 fully saturated rings. The number of nitrogens with two attached hydrogens (primary N) is 1. The molecule has 0 amide bonds. The highest BCUT2D eigenvalue weighted by Crippen LogP contribution is 2.22. The van der Waals surface area contributed by atoms with E-state index in [2.05, 4.69) is 27.5 Å². The van der Waals surface area contributed by atoms with Gasteiger partial charge in [0.15, 0.2) is 5.84 Å². The summed E-state index contributed by atoms with van der Waals surface area (Å²) in [5, 5.41) is 14.8. The third-order valence-electron chi connectivity index (χ3n) is 3.28. The van der Waals surface area contributed by atoms with Crippen molar-refractivity contribution >= 4 is 17.2 Å². The SMILES string of the molecule is CC(Nc1ccc(N2CCCC2)cc1)C(N)=NO. The average Bonchev–Trinajstić information content (AvgIpc) is 2.92. The van der Waals surface area contributed by atoms with Gasteiger partial charge in [0.1, 0.15) is 0 Å². The molecule has 0 spiro atoms. The molecule has 0 aromatic heterocycles. The quantitative estimate of drug-likeness (QED) is 0.329. The molecule has 4 N–H and O–H groups in total. The fourth-order valence-corrected chi connectivity index (χ4v) is 2.15. The molecule has 0 bridgehead atoms. The zero-order valence-electron chi connectivity index (χ0n) is 10.6. The highest BCUT2D eigenvalue weighted by atomic mass is 16.4. The first-order valence-corrected chi connectivity index (χ1v) is 6.29. The lowest BCUT2D eigenvalue weighted by Crippen LogP contribution is -2.32. The molecule has 1 aliphatic rings. The van der Waals surface area contributed by atoms with E-state index in [1.54, 1.807) is 0 Å². The molecule has 5 nitrogen and oxygen atoms in total. The van der Waals surface area contributed by atoms with Crippen molar-refractivity contribution in [3.63, 3.8) is 0 Å². The van der Waals surface area contributed by atoms with Gasteiger partial charge < -0.3 is 21.2 Å². The predicted molar refractivity (Wildman–Crippen MR) is 74.4 cm³/mol. The number of anilines is 2. The number of hydrogen-bond acceptors (Lipinski definition) is 4. The van der Waals surface area contributed by atoms with Crippen molar-refractivity contribution < 1.29 is 5.21 Å². The summed E-state index contributed by atoms with van der Waals surface area (Å²) in [5.41, 5.74) is 7.75. The second-order valence-corrected chi connectivity index (χ2v) is 4.63. The third-order valence-corrected chi connectivity index (χ3v) is 3.28. The Morgan fingerprint density at radius 2 is 1.94 bits per heavy atom. The van der Waals surface area contributed by atoms with Gasteiger partial charge in [-0.05, 0) is 44.0 Å². The first-order valence-electron chi connectivity index (χ1n) is 6.29. The number of oxime groups is 1. The molecule has 1 aromatic rings. The lowest BCUT2D eigenvalue weighted by Gasteiger charge is -2.19. The monoisotopic (exact) mass is 248 g/mol. The van der Waals surface area contributed by atoms with Crippen molar-refractivity contribution in [3.8, 4) is 0 Å². The molecular formula is C13H20N4O. The van der Waals surface area contributed by atoms with Crippen LogP contribution in [0.2, 0.25) is 0 Å². The third kappa shape index (κ3) is 2.85. The molecule has 1 atom stereocenters. The van der Waals surface area contributed by atoms with Gasteiger partial charge in [0.05, 0.1) is 6.04 Å². The fourth-order valence-electron chi connectivity index (χ4n) is 2.15. The van der Waals surface area contributed by atoms with Crippen LogP contribution in [0.3, 0.4) is 0 Å². The van der Waals surface area contributed by atoms with E-state index in [1.807, 2.05) is 19.1 Å². The van der Waals surface area contributed by atoms with Crippen LogP contribution in [0.15, 0.2) is 29.4 Å². The summed E-state index contributed by atoms with van der Waals surface area (Å²) in [7, 11) is 0. The topological polar surface area (TPSA) is 73.9 Å². The number of hydrogen-bond donors (Lipinski definition) is 3. The Bertz CT molecular complexity index is 410. The second kappa shape index (κ2) is 5.62. The van der Waals surface area contributed by atoms with E-state index in [0.29, 0.717) is 0 Å². The van der Waals surface area contributed by atoms with Gasteiger partial charge in [-0.1, -0.05) is 5.16 Å². The van der Waals surface area contributed by atoms with Crippen molar-refractivity contribution in [1.82, 2.24) is 0 Å². The Hall–Kier alpha value is -1.91. The van der Waals surface area contributed by atoms with Gasteiger partial charge in [-0.3, -0.25) is 0 Å². The van der Waals surface area contributed by atoms with Gasteiger partial charge in [0.25, 0.3) is 0 Å². The van der Waals surface area contributed by atoms with Gasteiger partial charge in [0, 0.05) is 24.5 Å². The highest BCUT2D eigenvalue weighted by molar-refractivity contribution is 5.87. The van der Waals surface area contributed by atoms with Crippen LogP contribution < -0.4 is 16.0 Å².